The maximum atomic E-state index is 9.04. The van der Waals surface area contributed by atoms with Crippen LogP contribution in [0.4, 0.5) is 17.1 Å². The Labute approximate surface area is 110 Å². The molecule has 0 aromatic heterocycles. The zero-order valence-electron chi connectivity index (χ0n) is 11.4. The molecule has 4 heteroatoms. The van der Waals surface area contributed by atoms with Crippen molar-refractivity contribution >= 4 is 17.1 Å². The number of aliphatic hydroxyl groups excluding tert-OH is 1. The van der Waals surface area contributed by atoms with E-state index in [1.54, 1.807) is 0 Å². The lowest BCUT2D eigenvalue weighted by molar-refractivity contribution is 0.302. The normalized spacial score (nSPS) is 10.4. The van der Waals surface area contributed by atoms with Gasteiger partial charge in [-0.15, -0.1) is 0 Å². The van der Waals surface area contributed by atoms with Crippen molar-refractivity contribution in [1.82, 2.24) is 0 Å². The Morgan fingerprint density at radius 1 is 1.33 bits per heavy atom. The lowest BCUT2D eigenvalue weighted by Crippen LogP contribution is -2.26. The van der Waals surface area contributed by atoms with Crippen molar-refractivity contribution in [1.29, 1.82) is 0 Å². The molecule has 0 aliphatic rings. The lowest BCUT2D eigenvalue weighted by atomic mass is 10.2. The highest BCUT2D eigenvalue weighted by molar-refractivity contribution is 5.72. The number of nitrogens with one attached hydrogen (secondary N) is 1. The van der Waals surface area contributed by atoms with Crippen LogP contribution in [0.15, 0.2) is 18.2 Å². The quantitative estimate of drug-likeness (QED) is 0.490. The molecule has 0 aliphatic heterocycles. The summed E-state index contributed by atoms with van der Waals surface area (Å²) in [6.45, 7) is 6.87. The predicted octanol–water partition coefficient (Wildman–Crippen LogP) is 2.30. The Morgan fingerprint density at radius 3 is 2.72 bits per heavy atom. The fraction of sp³-hybridized carbons (Fsp3) is 0.571. The third-order valence-corrected chi connectivity index (χ3v) is 3.00. The van der Waals surface area contributed by atoms with Crippen LogP contribution in [-0.2, 0) is 0 Å². The van der Waals surface area contributed by atoms with Gasteiger partial charge in [-0.1, -0.05) is 13.3 Å². The summed E-state index contributed by atoms with van der Waals surface area (Å²) in [5.41, 5.74) is 8.81. The minimum Gasteiger partial charge on any atom is -0.397 e. The number of nitrogens with two attached hydrogens (primary N) is 1. The molecule has 4 nitrogen and oxygen atoms in total. The highest BCUT2D eigenvalue weighted by Crippen LogP contribution is 2.25. The Morgan fingerprint density at radius 2 is 2.11 bits per heavy atom. The van der Waals surface area contributed by atoms with E-state index in [0.29, 0.717) is 6.54 Å². The average Bonchev–Trinajstić information content (AvgIpc) is 2.38. The maximum absolute atomic E-state index is 9.04. The summed E-state index contributed by atoms with van der Waals surface area (Å²) in [5, 5.41) is 12.4. The smallest absolute Gasteiger partial charge is 0.0606 e. The van der Waals surface area contributed by atoms with Crippen LogP contribution in [0.2, 0.25) is 0 Å². The number of rotatable bonds is 8. The summed E-state index contributed by atoms with van der Waals surface area (Å²) in [7, 11) is 0. The number of unbranched alkanes of at least 4 members (excludes halogenated alkanes) is 1. The van der Waals surface area contributed by atoms with Gasteiger partial charge >= 0.3 is 0 Å². The molecule has 0 heterocycles. The molecular formula is C14H25N3O. The lowest BCUT2D eigenvalue weighted by Gasteiger charge is -2.23. The topological polar surface area (TPSA) is 61.5 Å². The number of likely N-dealkylation sites (N-methyl/N-ethyl adjacent to an activating group) is 1. The second-order valence-electron chi connectivity index (χ2n) is 4.36. The van der Waals surface area contributed by atoms with Crippen molar-refractivity contribution in [3.05, 3.63) is 18.2 Å². The fourth-order valence-corrected chi connectivity index (χ4v) is 1.88. The van der Waals surface area contributed by atoms with Crippen LogP contribution in [0, 0.1) is 0 Å². The second-order valence-corrected chi connectivity index (χ2v) is 4.36. The van der Waals surface area contributed by atoms with E-state index in [1.165, 1.54) is 0 Å². The predicted molar refractivity (Wildman–Crippen MR) is 79.2 cm³/mol. The minimum absolute atomic E-state index is 0.164. The molecule has 102 valence electrons. The molecule has 1 rings (SSSR count). The van der Waals surface area contributed by atoms with Crippen LogP contribution in [-0.4, -0.2) is 31.3 Å². The monoisotopic (exact) mass is 251 g/mol. The molecule has 0 aliphatic carbocycles. The highest BCUT2D eigenvalue weighted by Gasteiger charge is 2.06. The molecule has 18 heavy (non-hydrogen) atoms. The van der Waals surface area contributed by atoms with Crippen molar-refractivity contribution in [2.45, 2.75) is 26.7 Å². The first-order valence-electron chi connectivity index (χ1n) is 6.72. The Balaban J connectivity index is 2.78. The molecule has 0 radical (unpaired) electrons. The minimum atomic E-state index is 0.164. The molecule has 1 aromatic carbocycles. The van der Waals surface area contributed by atoms with Gasteiger partial charge in [0.05, 0.1) is 18.0 Å². The van der Waals surface area contributed by atoms with E-state index in [-0.39, 0.29) is 6.61 Å². The van der Waals surface area contributed by atoms with Crippen LogP contribution in [0.5, 0.6) is 0 Å². The van der Waals surface area contributed by atoms with E-state index in [4.69, 9.17) is 10.8 Å². The van der Waals surface area contributed by atoms with Crippen molar-refractivity contribution < 1.29 is 5.11 Å². The number of aliphatic hydroxyl groups is 1. The number of hydrogen-bond donors (Lipinski definition) is 3. The number of nitrogen functional groups attached to an aromatic ring is 1. The summed E-state index contributed by atoms with van der Waals surface area (Å²) in [4.78, 5) is 2.13. The van der Waals surface area contributed by atoms with E-state index in [9.17, 15) is 0 Å². The van der Waals surface area contributed by atoms with Gasteiger partial charge in [-0.3, -0.25) is 0 Å². The van der Waals surface area contributed by atoms with Gasteiger partial charge in [0, 0.05) is 25.3 Å². The van der Waals surface area contributed by atoms with Crippen LogP contribution in [0.1, 0.15) is 26.7 Å². The van der Waals surface area contributed by atoms with E-state index in [0.717, 1.165) is 43.0 Å². The van der Waals surface area contributed by atoms with Gasteiger partial charge in [-0.2, -0.15) is 0 Å². The molecule has 1 aromatic rings. The Bertz CT molecular complexity index is 355. The molecule has 0 saturated heterocycles. The van der Waals surface area contributed by atoms with Crippen molar-refractivity contribution in [2.75, 3.05) is 42.2 Å². The summed E-state index contributed by atoms with van der Waals surface area (Å²) in [5.74, 6) is 0. The molecule has 0 spiro atoms. The Hall–Kier alpha value is -1.42. The summed E-state index contributed by atoms with van der Waals surface area (Å²) >= 11 is 0. The second kappa shape index (κ2) is 7.82. The van der Waals surface area contributed by atoms with Gasteiger partial charge in [0.25, 0.3) is 0 Å². The van der Waals surface area contributed by atoms with Gasteiger partial charge in [0.2, 0.25) is 0 Å². The maximum Gasteiger partial charge on any atom is 0.0606 e. The average molecular weight is 251 g/mol. The third-order valence-electron chi connectivity index (χ3n) is 3.00. The number of anilines is 3. The molecular weight excluding hydrogens is 226 g/mol. The van der Waals surface area contributed by atoms with E-state index >= 15 is 0 Å². The highest BCUT2D eigenvalue weighted by atomic mass is 16.3. The first-order valence-corrected chi connectivity index (χ1v) is 6.72. The molecule has 0 amide bonds. The van der Waals surface area contributed by atoms with Crippen molar-refractivity contribution in [3.8, 4) is 0 Å². The van der Waals surface area contributed by atoms with Gasteiger partial charge < -0.3 is 21.1 Å². The van der Waals surface area contributed by atoms with E-state index in [2.05, 4.69) is 30.1 Å². The van der Waals surface area contributed by atoms with Gasteiger partial charge in [-0.05, 0) is 31.5 Å². The van der Waals surface area contributed by atoms with Crippen LogP contribution < -0.4 is 16.0 Å². The molecule has 0 atom stereocenters. The zero-order chi connectivity index (χ0) is 13.4. The van der Waals surface area contributed by atoms with Crippen LogP contribution in [0.25, 0.3) is 0 Å². The largest absolute Gasteiger partial charge is 0.397 e. The molecule has 0 saturated carbocycles. The number of benzene rings is 1. The molecule has 4 N–H and O–H groups in total. The Kier molecular flexibility index (Phi) is 6.36. The van der Waals surface area contributed by atoms with E-state index < -0.39 is 0 Å². The summed E-state index contributed by atoms with van der Waals surface area (Å²) in [6.07, 6.45) is 2.30. The zero-order valence-corrected chi connectivity index (χ0v) is 11.4. The fourth-order valence-electron chi connectivity index (χ4n) is 1.88. The standard InChI is InChI=1S/C14H25N3O/c1-3-5-8-16-14-11-12(6-7-13(14)15)17(4-2)9-10-18/h6-7,11,16,18H,3-5,8-10,15H2,1-2H3. The third kappa shape index (κ3) is 4.11. The van der Waals surface area contributed by atoms with E-state index in [1.807, 2.05) is 12.1 Å². The molecule has 0 unspecified atom stereocenters. The number of hydrogen-bond acceptors (Lipinski definition) is 4. The van der Waals surface area contributed by atoms with Crippen LogP contribution in [0.3, 0.4) is 0 Å². The molecule has 0 fully saturated rings. The van der Waals surface area contributed by atoms with Gasteiger partial charge in [0.15, 0.2) is 0 Å². The summed E-state index contributed by atoms with van der Waals surface area (Å²) in [6, 6.07) is 5.98. The number of nitrogens with zero attached hydrogens (tertiary/aromatic N) is 1. The first-order chi connectivity index (χ1) is 8.72. The van der Waals surface area contributed by atoms with Crippen LogP contribution >= 0.6 is 0 Å². The van der Waals surface area contributed by atoms with Crippen molar-refractivity contribution in [2.24, 2.45) is 0 Å². The first kappa shape index (κ1) is 14.6. The van der Waals surface area contributed by atoms with Crippen molar-refractivity contribution in [3.63, 3.8) is 0 Å². The SMILES string of the molecule is CCCCNc1cc(N(CC)CCO)ccc1N. The van der Waals surface area contributed by atoms with Gasteiger partial charge in [0.1, 0.15) is 0 Å². The summed E-state index contributed by atoms with van der Waals surface area (Å²) < 4.78 is 0. The molecule has 0 bridgehead atoms. The van der Waals surface area contributed by atoms with Gasteiger partial charge in [-0.25, -0.2) is 0 Å².